The van der Waals surface area contributed by atoms with Gasteiger partial charge in [-0.3, -0.25) is 4.90 Å². The van der Waals surface area contributed by atoms with E-state index in [1.807, 2.05) is 27.7 Å². The van der Waals surface area contributed by atoms with Crippen LogP contribution in [0.25, 0.3) is 0 Å². The maximum atomic E-state index is 9.63. The molecule has 0 spiro atoms. The molecule has 3 aliphatic heterocycles. The number of fused-ring (bicyclic) bond motifs is 3. The molecule has 0 saturated carbocycles. The topological polar surface area (TPSA) is 69.6 Å². The number of ether oxygens (including phenoxy) is 5. The molecule has 3 rings (SSSR count). The highest BCUT2D eigenvalue weighted by Crippen LogP contribution is 2.44. The van der Waals surface area contributed by atoms with Crippen molar-refractivity contribution in [2.45, 2.75) is 141 Å². The number of rotatable bonds is 15. The van der Waals surface area contributed by atoms with Crippen molar-refractivity contribution < 1.29 is 28.8 Å². The lowest BCUT2D eigenvalue weighted by molar-refractivity contribution is -0.236. The largest absolute Gasteiger partial charge is 0.395 e. The normalized spacial score (nSPS) is 32.3. The minimum Gasteiger partial charge on any atom is -0.395 e. The molecule has 0 aliphatic carbocycles. The van der Waals surface area contributed by atoms with Crippen LogP contribution >= 0.6 is 0 Å². The standard InChI is InChI=1S/C26H49NO6/c1-6-7-8-9-10-11-12-13-14-15-16-27(17-18-28)19-20-21-22(31-25(2,3)30-21)23-24(29-20)33-26(4,5)32-23/h20-24,28H,6-19H2,1-5H3/t20-,21+,22+,23-,24-/m1/s1. The van der Waals surface area contributed by atoms with E-state index in [4.69, 9.17) is 23.7 Å². The summed E-state index contributed by atoms with van der Waals surface area (Å²) in [5.74, 6) is -1.38. The van der Waals surface area contributed by atoms with Crippen LogP contribution in [0.4, 0.5) is 0 Å². The molecular weight excluding hydrogens is 422 g/mol. The molecule has 7 nitrogen and oxygen atoms in total. The van der Waals surface area contributed by atoms with Gasteiger partial charge < -0.3 is 28.8 Å². The lowest BCUT2D eigenvalue weighted by Gasteiger charge is -2.39. The van der Waals surface area contributed by atoms with Crippen molar-refractivity contribution in [1.82, 2.24) is 4.90 Å². The highest BCUT2D eigenvalue weighted by molar-refractivity contribution is 5.00. The molecule has 0 unspecified atom stereocenters. The Kier molecular flexibility index (Phi) is 10.4. The first-order chi connectivity index (χ1) is 15.7. The zero-order chi connectivity index (χ0) is 23.9. The van der Waals surface area contributed by atoms with Crippen LogP contribution in [0.1, 0.15) is 98.8 Å². The van der Waals surface area contributed by atoms with E-state index in [9.17, 15) is 5.11 Å². The highest BCUT2D eigenvalue weighted by Gasteiger charge is 2.60. The van der Waals surface area contributed by atoms with Crippen LogP contribution in [0.3, 0.4) is 0 Å². The summed E-state index contributed by atoms with van der Waals surface area (Å²) >= 11 is 0. The van der Waals surface area contributed by atoms with E-state index in [1.54, 1.807) is 0 Å². The van der Waals surface area contributed by atoms with Crippen LogP contribution in [0.5, 0.6) is 0 Å². The fraction of sp³-hybridized carbons (Fsp3) is 1.00. The molecule has 0 bridgehead atoms. The van der Waals surface area contributed by atoms with Gasteiger partial charge >= 0.3 is 0 Å². The van der Waals surface area contributed by atoms with E-state index >= 15 is 0 Å². The van der Waals surface area contributed by atoms with Crippen LogP contribution in [0, 0.1) is 0 Å². The van der Waals surface area contributed by atoms with Gasteiger partial charge in [0.1, 0.15) is 24.4 Å². The molecule has 194 valence electrons. The minimum absolute atomic E-state index is 0.139. The van der Waals surface area contributed by atoms with Crippen molar-refractivity contribution in [3.8, 4) is 0 Å². The van der Waals surface area contributed by atoms with E-state index in [2.05, 4.69) is 11.8 Å². The predicted molar refractivity (Wildman–Crippen MR) is 128 cm³/mol. The average molecular weight is 472 g/mol. The molecule has 0 aromatic carbocycles. The molecule has 7 heteroatoms. The van der Waals surface area contributed by atoms with E-state index in [0.717, 1.165) is 13.0 Å². The summed E-state index contributed by atoms with van der Waals surface area (Å²) in [5.41, 5.74) is 0. The molecule has 3 fully saturated rings. The van der Waals surface area contributed by atoms with E-state index in [-0.39, 0.29) is 31.0 Å². The van der Waals surface area contributed by atoms with Gasteiger partial charge in [0.25, 0.3) is 0 Å². The number of aliphatic hydroxyl groups excluding tert-OH is 1. The van der Waals surface area contributed by atoms with Crippen LogP contribution < -0.4 is 0 Å². The third kappa shape index (κ3) is 8.13. The molecule has 1 N–H and O–H groups in total. The molecule has 0 radical (unpaired) electrons. The van der Waals surface area contributed by atoms with Crippen molar-refractivity contribution in [1.29, 1.82) is 0 Å². The first-order valence-electron chi connectivity index (χ1n) is 13.4. The summed E-state index contributed by atoms with van der Waals surface area (Å²) in [6.45, 7) is 12.4. The Morgan fingerprint density at radius 2 is 1.21 bits per heavy atom. The average Bonchev–Trinajstić information content (AvgIpc) is 3.23. The number of nitrogens with zero attached hydrogens (tertiary/aromatic N) is 1. The second-order valence-electron chi connectivity index (χ2n) is 10.9. The molecule has 0 aromatic heterocycles. The summed E-state index contributed by atoms with van der Waals surface area (Å²) in [7, 11) is 0. The Bertz CT molecular complexity index is 571. The van der Waals surface area contributed by atoms with Crippen molar-refractivity contribution in [2.75, 3.05) is 26.2 Å². The van der Waals surface area contributed by atoms with E-state index in [1.165, 1.54) is 57.8 Å². The maximum Gasteiger partial charge on any atom is 0.190 e. The summed E-state index contributed by atoms with van der Waals surface area (Å²) in [6, 6.07) is 0. The van der Waals surface area contributed by atoms with Gasteiger partial charge in [-0.15, -0.1) is 0 Å². The third-order valence-corrected chi connectivity index (χ3v) is 6.93. The van der Waals surface area contributed by atoms with Crippen LogP contribution in [-0.2, 0) is 23.7 Å². The summed E-state index contributed by atoms with van der Waals surface area (Å²) in [6.07, 6.45) is 11.8. The van der Waals surface area contributed by atoms with Gasteiger partial charge in [0.05, 0.1) is 6.61 Å². The molecular formula is C26H49NO6. The lowest BCUT2D eigenvalue weighted by Crippen LogP contribution is -2.58. The fourth-order valence-corrected chi connectivity index (χ4v) is 5.35. The quantitative estimate of drug-likeness (QED) is 0.350. The summed E-state index contributed by atoms with van der Waals surface area (Å²) < 4.78 is 30.9. The van der Waals surface area contributed by atoms with Crippen LogP contribution in [-0.4, -0.2) is 78.5 Å². The molecule has 3 saturated heterocycles. The molecule has 3 heterocycles. The first kappa shape index (κ1) is 27.3. The van der Waals surface area contributed by atoms with Crippen LogP contribution in [0.2, 0.25) is 0 Å². The zero-order valence-electron chi connectivity index (χ0n) is 21.7. The fourth-order valence-electron chi connectivity index (χ4n) is 5.35. The van der Waals surface area contributed by atoms with Gasteiger partial charge in [0.2, 0.25) is 0 Å². The predicted octanol–water partition coefficient (Wildman–Crippen LogP) is 4.60. The van der Waals surface area contributed by atoms with Crippen molar-refractivity contribution in [3.63, 3.8) is 0 Å². The molecule has 3 aliphatic rings. The Balaban J connectivity index is 1.44. The maximum absolute atomic E-state index is 9.63. The first-order valence-corrected chi connectivity index (χ1v) is 13.4. The second kappa shape index (κ2) is 12.6. The Labute approximate surface area is 201 Å². The second-order valence-corrected chi connectivity index (χ2v) is 10.9. The van der Waals surface area contributed by atoms with Gasteiger partial charge in [0, 0.05) is 13.1 Å². The van der Waals surface area contributed by atoms with Gasteiger partial charge in [-0.1, -0.05) is 64.7 Å². The molecule has 5 atom stereocenters. The SMILES string of the molecule is CCCCCCCCCCCCN(CCO)C[C@H]1O[C@@H]2OC(C)(C)O[C@@H]2[C@H]2OC(C)(C)O[C@H]21. The van der Waals surface area contributed by atoms with Crippen molar-refractivity contribution >= 4 is 0 Å². The zero-order valence-corrected chi connectivity index (χ0v) is 21.7. The molecule has 0 amide bonds. The lowest BCUT2D eigenvalue weighted by atomic mass is 9.98. The number of aliphatic hydroxyl groups is 1. The van der Waals surface area contributed by atoms with Gasteiger partial charge in [0.15, 0.2) is 17.9 Å². The van der Waals surface area contributed by atoms with E-state index < -0.39 is 17.9 Å². The monoisotopic (exact) mass is 471 g/mol. The van der Waals surface area contributed by atoms with Crippen molar-refractivity contribution in [2.24, 2.45) is 0 Å². The number of hydrogen-bond acceptors (Lipinski definition) is 7. The summed E-state index contributed by atoms with van der Waals surface area (Å²) in [5, 5.41) is 9.63. The Morgan fingerprint density at radius 3 is 1.85 bits per heavy atom. The van der Waals surface area contributed by atoms with Gasteiger partial charge in [-0.2, -0.15) is 0 Å². The minimum atomic E-state index is -0.703. The Hall–Kier alpha value is -0.280. The highest BCUT2D eigenvalue weighted by atomic mass is 16.9. The van der Waals surface area contributed by atoms with E-state index in [0.29, 0.717) is 13.1 Å². The van der Waals surface area contributed by atoms with Crippen molar-refractivity contribution in [3.05, 3.63) is 0 Å². The van der Waals surface area contributed by atoms with Gasteiger partial charge in [-0.05, 0) is 40.7 Å². The smallest absolute Gasteiger partial charge is 0.190 e. The van der Waals surface area contributed by atoms with Gasteiger partial charge in [-0.25, -0.2) is 0 Å². The molecule has 33 heavy (non-hydrogen) atoms. The number of unbranched alkanes of at least 4 members (excludes halogenated alkanes) is 9. The summed E-state index contributed by atoms with van der Waals surface area (Å²) in [4.78, 5) is 2.29. The third-order valence-electron chi connectivity index (χ3n) is 6.93. The molecule has 0 aromatic rings. The van der Waals surface area contributed by atoms with Crippen LogP contribution in [0.15, 0.2) is 0 Å². The Morgan fingerprint density at radius 1 is 0.667 bits per heavy atom. The number of hydrogen-bond donors (Lipinski definition) is 1.